The molecule has 0 fully saturated rings. The minimum Gasteiger partial charge on any atom is -0.465 e. The van der Waals surface area contributed by atoms with Gasteiger partial charge in [-0.1, -0.05) is 45.1 Å². The zero-order chi connectivity index (χ0) is 13.9. The number of esters is 1. The van der Waals surface area contributed by atoms with Crippen LogP contribution in [0.5, 0.6) is 0 Å². The zero-order valence-electron chi connectivity index (χ0n) is 12.1. The first kappa shape index (κ1) is 15.5. The van der Waals surface area contributed by atoms with E-state index >= 15 is 0 Å². The molecule has 0 heterocycles. The molecule has 1 N–H and O–H groups in total. The minimum absolute atomic E-state index is 0.289. The molecule has 0 aliphatic heterocycles. The molecular weight excluding hydrogens is 238 g/mol. The van der Waals surface area contributed by atoms with Crippen LogP contribution in [-0.2, 0) is 4.74 Å². The molecule has 0 bridgehead atoms. The number of carbonyl (C=O) groups excluding carboxylic acids is 1. The van der Waals surface area contributed by atoms with Crippen molar-refractivity contribution in [2.24, 2.45) is 0 Å². The van der Waals surface area contributed by atoms with Crippen LogP contribution in [-0.4, -0.2) is 19.6 Å². The van der Waals surface area contributed by atoms with Crippen molar-refractivity contribution < 1.29 is 9.53 Å². The zero-order valence-corrected chi connectivity index (χ0v) is 12.1. The Kier molecular flexibility index (Phi) is 7.71. The van der Waals surface area contributed by atoms with Gasteiger partial charge in [0.1, 0.15) is 0 Å². The van der Waals surface area contributed by atoms with Gasteiger partial charge in [-0.15, -0.1) is 0 Å². The first-order valence-corrected chi connectivity index (χ1v) is 7.20. The SMILES string of the molecule is CCCCCCCCNc1cccc(C(=O)OC)c1. The molecule has 0 unspecified atom stereocenters. The van der Waals surface area contributed by atoms with Crippen LogP contribution in [0.25, 0.3) is 0 Å². The van der Waals surface area contributed by atoms with Gasteiger partial charge in [0.2, 0.25) is 0 Å². The maximum atomic E-state index is 11.4. The monoisotopic (exact) mass is 263 g/mol. The summed E-state index contributed by atoms with van der Waals surface area (Å²) in [5.74, 6) is -0.289. The van der Waals surface area contributed by atoms with Gasteiger partial charge >= 0.3 is 5.97 Å². The second-order valence-corrected chi connectivity index (χ2v) is 4.77. The fourth-order valence-electron chi connectivity index (χ4n) is 2.01. The van der Waals surface area contributed by atoms with Crippen molar-refractivity contribution in [1.29, 1.82) is 0 Å². The maximum absolute atomic E-state index is 11.4. The van der Waals surface area contributed by atoms with E-state index in [4.69, 9.17) is 4.74 Å². The highest BCUT2D eigenvalue weighted by Crippen LogP contribution is 2.12. The van der Waals surface area contributed by atoms with E-state index in [0.717, 1.165) is 12.2 Å². The number of carbonyl (C=O) groups is 1. The molecular formula is C16H25NO2. The van der Waals surface area contributed by atoms with Crippen LogP contribution in [0.3, 0.4) is 0 Å². The fourth-order valence-corrected chi connectivity index (χ4v) is 2.01. The lowest BCUT2D eigenvalue weighted by atomic mass is 10.1. The molecule has 3 nitrogen and oxygen atoms in total. The Morgan fingerprint density at radius 1 is 1.16 bits per heavy atom. The Morgan fingerprint density at radius 3 is 2.63 bits per heavy atom. The highest BCUT2D eigenvalue weighted by Gasteiger charge is 2.04. The molecule has 0 aromatic heterocycles. The number of hydrogen-bond donors (Lipinski definition) is 1. The molecule has 0 atom stereocenters. The molecule has 1 aromatic carbocycles. The standard InChI is InChI=1S/C16H25NO2/c1-3-4-5-6-7-8-12-17-15-11-9-10-14(13-15)16(18)19-2/h9-11,13,17H,3-8,12H2,1-2H3. The predicted molar refractivity (Wildman–Crippen MR) is 79.6 cm³/mol. The maximum Gasteiger partial charge on any atom is 0.337 e. The molecule has 3 heteroatoms. The lowest BCUT2D eigenvalue weighted by molar-refractivity contribution is 0.0601. The predicted octanol–water partition coefficient (Wildman–Crippen LogP) is 4.25. The Bertz CT molecular complexity index is 377. The van der Waals surface area contributed by atoms with Crippen molar-refractivity contribution in [3.8, 4) is 0 Å². The van der Waals surface area contributed by atoms with Gasteiger partial charge in [0.25, 0.3) is 0 Å². The van der Waals surface area contributed by atoms with E-state index in [1.807, 2.05) is 18.2 Å². The molecule has 0 spiro atoms. The van der Waals surface area contributed by atoms with Gasteiger partial charge in [0, 0.05) is 12.2 Å². The van der Waals surface area contributed by atoms with Crippen LogP contribution in [0, 0.1) is 0 Å². The number of benzene rings is 1. The molecule has 0 saturated carbocycles. The van der Waals surface area contributed by atoms with Gasteiger partial charge in [0.15, 0.2) is 0 Å². The molecule has 0 aliphatic carbocycles. The average molecular weight is 263 g/mol. The molecule has 1 aromatic rings. The highest BCUT2D eigenvalue weighted by molar-refractivity contribution is 5.90. The van der Waals surface area contributed by atoms with Gasteiger partial charge in [-0.3, -0.25) is 0 Å². The third kappa shape index (κ3) is 6.27. The van der Waals surface area contributed by atoms with Crippen LogP contribution in [0.2, 0.25) is 0 Å². The third-order valence-corrected chi connectivity index (χ3v) is 3.14. The quantitative estimate of drug-likeness (QED) is 0.535. The van der Waals surface area contributed by atoms with Crippen molar-refractivity contribution in [2.75, 3.05) is 19.0 Å². The Balaban J connectivity index is 2.24. The number of nitrogens with one attached hydrogen (secondary N) is 1. The molecule has 19 heavy (non-hydrogen) atoms. The summed E-state index contributed by atoms with van der Waals surface area (Å²) in [7, 11) is 1.40. The first-order chi connectivity index (χ1) is 9.27. The number of unbranched alkanes of at least 4 members (excludes halogenated alkanes) is 5. The summed E-state index contributed by atoms with van der Waals surface area (Å²) in [6.07, 6.45) is 7.73. The molecule has 106 valence electrons. The van der Waals surface area contributed by atoms with Gasteiger partial charge in [0.05, 0.1) is 12.7 Å². The fraction of sp³-hybridized carbons (Fsp3) is 0.562. The highest BCUT2D eigenvalue weighted by atomic mass is 16.5. The van der Waals surface area contributed by atoms with E-state index in [0.29, 0.717) is 5.56 Å². The van der Waals surface area contributed by atoms with Gasteiger partial charge in [-0.05, 0) is 24.6 Å². The summed E-state index contributed by atoms with van der Waals surface area (Å²) in [4.78, 5) is 11.4. The summed E-state index contributed by atoms with van der Waals surface area (Å²) >= 11 is 0. The summed E-state index contributed by atoms with van der Waals surface area (Å²) < 4.78 is 4.71. The van der Waals surface area contributed by atoms with Crippen LogP contribution in [0.15, 0.2) is 24.3 Å². The van der Waals surface area contributed by atoms with Crippen LogP contribution < -0.4 is 5.32 Å². The van der Waals surface area contributed by atoms with Crippen molar-refractivity contribution in [1.82, 2.24) is 0 Å². The smallest absolute Gasteiger partial charge is 0.337 e. The van der Waals surface area contributed by atoms with Crippen molar-refractivity contribution >= 4 is 11.7 Å². The van der Waals surface area contributed by atoms with E-state index in [2.05, 4.69) is 12.2 Å². The average Bonchev–Trinajstić information content (AvgIpc) is 2.46. The van der Waals surface area contributed by atoms with Gasteiger partial charge in [-0.2, -0.15) is 0 Å². The minimum atomic E-state index is -0.289. The van der Waals surface area contributed by atoms with E-state index in [1.54, 1.807) is 6.07 Å². The second-order valence-electron chi connectivity index (χ2n) is 4.77. The number of rotatable bonds is 9. The molecule has 1 rings (SSSR count). The summed E-state index contributed by atoms with van der Waals surface area (Å²) in [6, 6.07) is 7.45. The van der Waals surface area contributed by atoms with Crippen LogP contribution >= 0.6 is 0 Å². The number of hydrogen-bond acceptors (Lipinski definition) is 3. The first-order valence-electron chi connectivity index (χ1n) is 7.20. The second kappa shape index (κ2) is 9.42. The number of ether oxygens (including phenoxy) is 1. The van der Waals surface area contributed by atoms with E-state index in [1.165, 1.54) is 45.6 Å². The van der Waals surface area contributed by atoms with Crippen LogP contribution in [0.4, 0.5) is 5.69 Å². The Labute approximate surface area is 116 Å². The normalized spacial score (nSPS) is 10.2. The van der Waals surface area contributed by atoms with Crippen molar-refractivity contribution in [2.45, 2.75) is 45.4 Å². The van der Waals surface area contributed by atoms with E-state index < -0.39 is 0 Å². The summed E-state index contributed by atoms with van der Waals surface area (Å²) in [5, 5.41) is 3.35. The summed E-state index contributed by atoms with van der Waals surface area (Å²) in [5.41, 5.74) is 1.58. The van der Waals surface area contributed by atoms with Crippen molar-refractivity contribution in [3.05, 3.63) is 29.8 Å². The van der Waals surface area contributed by atoms with Gasteiger partial charge in [-0.25, -0.2) is 4.79 Å². The Morgan fingerprint density at radius 2 is 1.89 bits per heavy atom. The number of anilines is 1. The largest absolute Gasteiger partial charge is 0.465 e. The van der Waals surface area contributed by atoms with Crippen molar-refractivity contribution in [3.63, 3.8) is 0 Å². The lowest BCUT2D eigenvalue weighted by Crippen LogP contribution is -2.04. The van der Waals surface area contributed by atoms with E-state index in [9.17, 15) is 4.79 Å². The topological polar surface area (TPSA) is 38.3 Å². The lowest BCUT2D eigenvalue weighted by Gasteiger charge is -2.07. The molecule has 0 radical (unpaired) electrons. The van der Waals surface area contributed by atoms with E-state index in [-0.39, 0.29) is 5.97 Å². The summed E-state index contributed by atoms with van der Waals surface area (Å²) in [6.45, 7) is 3.19. The molecule has 0 amide bonds. The molecule has 0 aliphatic rings. The third-order valence-electron chi connectivity index (χ3n) is 3.14. The number of methoxy groups -OCH3 is 1. The van der Waals surface area contributed by atoms with Crippen LogP contribution in [0.1, 0.15) is 55.8 Å². The molecule has 0 saturated heterocycles. The Hall–Kier alpha value is -1.51. The van der Waals surface area contributed by atoms with Gasteiger partial charge < -0.3 is 10.1 Å².